The fourth-order valence-corrected chi connectivity index (χ4v) is 6.29. The SMILES string of the molecule is CC1(c2cccc(NS(=O)(=O)c3ccc(S(=O)(=O)N4CCCC4)cc3)c2)NC(=O)NC1=O. The fraction of sp³-hybridized carbons (Fsp3) is 0.300. The van der Waals surface area contributed by atoms with Gasteiger partial charge >= 0.3 is 6.03 Å². The van der Waals surface area contributed by atoms with Crippen LogP contribution in [-0.4, -0.2) is 46.2 Å². The third kappa shape index (κ3) is 3.96. The van der Waals surface area contributed by atoms with Crippen molar-refractivity contribution in [1.82, 2.24) is 14.9 Å². The maximum Gasteiger partial charge on any atom is 0.322 e. The smallest absolute Gasteiger partial charge is 0.320 e. The molecule has 170 valence electrons. The van der Waals surface area contributed by atoms with Crippen LogP contribution in [0.2, 0.25) is 0 Å². The monoisotopic (exact) mass is 478 g/mol. The van der Waals surface area contributed by atoms with Crippen molar-refractivity contribution in [3.8, 4) is 0 Å². The Morgan fingerprint density at radius 2 is 1.56 bits per heavy atom. The quantitative estimate of drug-likeness (QED) is 0.535. The number of nitrogens with zero attached hydrogens (tertiary/aromatic N) is 1. The van der Waals surface area contributed by atoms with Crippen LogP contribution in [0.15, 0.2) is 58.3 Å². The Balaban J connectivity index is 1.56. The summed E-state index contributed by atoms with van der Waals surface area (Å²) in [6.45, 7) is 2.43. The number of carbonyl (C=O) groups is 2. The number of benzene rings is 2. The van der Waals surface area contributed by atoms with E-state index >= 15 is 0 Å². The molecule has 2 aromatic carbocycles. The third-order valence-corrected chi connectivity index (χ3v) is 8.88. The number of nitrogens with one attached hydrogen (secondary N) is 3. The molecule has 12 heteroatoms. The second-order valence-corrected chi connectivity index (χ2v) is 11.4. The predicted molar refractivity (Wildman–Crippen MR) is 116 cm³/mol. The highest BCUT2D eigenvalue weighted by Crippen LogP contribution is 2.28. The van der Waals surface area contributed by atoms with Gasteiger partial charge in [-0.05, 0) is 61.7 Å². The van der Waals surface area contributed by atoms with E-state index in [4.69, 9.17) is 0 Å². The lowest BCUT2D eigenvalue weighted by molar-refractivity contribution is -0.123. The molecule has 10 nitrogen and oxygen atoms in total. The Morgan fingerprint density at radius 1 is 0.938 bits per heavy atom. The summed E-state index contributed by atoms with van der Waals surface area (Å²) in [5.74, 6) is -0.544. The molecule has 0 aromatic heterocycles. The van der Waals surface area contributed by atoms with E-state index in [0.29, 0.717) is 18.7 Å². The van der Waals surface area contributed by atoms with Crippen LogP contribution in [0, 0.1) is 0 Å². The number of carbonyl (C=O) groups excluding carboxylic acids is 2. The molecule has 2 aromatic rings. The summed E-state index contributed by atoms with van der Waals surface area (Å²) in [7, 11) is -7.67. The molecule has 32 heavy (non-hydrogen) atoms. The van der Waals surface area contributed by atoms with Crippen LogP contribution in [-0.2, 0) is 30.4 Å². The van der Waals surface area contributed by atoms with Crippen molar-refractivity contribution in [3.63, 3.8) is 0 Å². The molecule has 2 aliphatic heterocycles. The van der Waals surface area contributed by atoms with Gasteiger partial charge in [0.15, 0.2) is 0 Å². The molecule has 1 unspecified atom stereocenters. The molecule has 2 aliphatic rings. The normalized spacial score (nSPS) is 21.9. The number of urea groups is 1. The van der Waals surface area contributed by atoms with Crippen LogP contribution in [0.1, 0.15) is 25.3 Å². The maximum atomic E-state index is 12.8. The van der Waals surface area contributed by atoms with Gasteiger partial charge in [-0.3, -0.25) is 14.8 Å². The first kappa shape index (κ1) is 22.2. The van der Waals surface area contributed by atoms with E-state index in [1.165, 1.54) is 47.6 Å². The van der Waals surface area contributed by atoms with Crippen LogP contribution in [0.4, 0.5) is 10.5 Å². The van der Waals surface area contributed by atoms with Crippen molar-refractivity contribution in [2.45, 2.75) is 35.1 Å². The first-order valence-electron chi connectivity index (χ1n) is 9.90. The fourth-order valence-electron chi connectivity index (χ4n) is 3.72. The van der Waals surface area contributed by atoms with Crippen LogP contribution in [0.3, 0.4) is 0 Å². The number of imide groups is 1. The number of hydrogen-bond donors (Lipinski definition) is 3. The highest BCUT2D eigenvalue weighted by molar-refractivity contribution is 7.92. The second-order valence-electron chi connectivity index (χ2n) is 7.80. The molecule has 0 aliphatic carbocycles. The van der Waals surface area contributed by atoms with Crippen molar-refractivity contribution >= 4 is 37.7 Å². The van der Waals surface area contributed by atoms with Gasteiger partial charge in [-0.15, -0.1) is 0 Å². The molecule has 2 fully saturated rings. The summed E-state index contributed by atoms with van der Waals surface area (Å²) in [5, 5.41) is 4.68. The lowest BCUT2D eigenvalue weighted by Crippen LogP contribution is -2.40. The molecule has 0 saturated carbocycles. The highest BCUT2D eigenvalue weighted by Gasteiger charge is 2.43. The van der Waals surface area contributed by atoms with Gasteiger partial charge in [-0.2, -0.15) is 4.31 Å². The van der Waals surface area contributed by atoms with E-state index in [-0.39, 0.29) is 15.5 Å². The van der Waals surface area contributed by atoms with Crippen molar-refractivity contribution < 1.29 is 26.4 Å². The van der Waals surface area contributed by atoms with E-state index in [1.54, 1.807) is 12.1 Å². The molecular weight excluding hydrogens is 456 g/mol. The second kappa shape index (κ2) is 7.87. The lowest BCUT2D eigenvalue weighted by atomic mass is 9.92. The van der Waals surface area contributed by atoms with Crippen LogP contribution < -0.4 is 15.4 Å². The Morgan fingerprint density at radius 3 is 2.16 bits per heavy atom. The first-order valence-corrected chi connectivity index (χ1v) is 12.8. The molecular formula is C20H22N4O6S2. The molecule has 3 amide bonds. The van der Waals surface area contributed by atoms with Crippen molar-refractivity contribution in [2.75, 3.05) is 17.8 Å². The zero-order valence-corrected chi connectivity index (χ0v) is 18.8. The summed E-state index contributed by atoms with van der Waals surface area (Å²) in [6, 6.07) is 10.5. The molecule has 1 atom stereocenters. The van der Waals surface area contributed by atoms with Gasteiger partial charge in [-0.1, -0.05) is 12.1 Å². The van der Waals surface area contributed by atoms with E-state index in [9.17, 15) is 26.4 Å². The van der Waals surface area contributed by atoms with E-state index < -0.39 is 37.5 Å². The molecule has 0 bridgehead atoms. The van der Waals surface area contributed by atoms with Gasteiger partial charge in [0.25, 0.3) is 15.9 Å². The first-order chi connectivity index (χ1) is 15.0. The Bertz CT molecular complexity index is 1290. The van der Waals surface area contributed by atoms with Gasteiger partial charge in [-0.25, -0.2) is 21.6 Å². The molecule has 2 heterocycles. The van der Waals surface area contributed by atoms with E-state index in [0.717, 1.165) is 12.8 Å². The Kier molecular flexibility index (Phi) is 5.47. The topological polar surface area (TPSA) is 142 Å². The van der Waals surface area contributed by atoms with Crippen molar-refractivity contribution in [3.05, 3.63) is 54.1 Å². The van der Waals surface area contributed by atoms with Crippen LogP contribution in [0.5, 0.6) is 0 Å². The summed E-state index contributed by atoms with van der Waals surface area (Å²) in [5.41, 5.74) is -0.746. The molecule has 0 radical (unpaired) electrons. The molecule has 2 saturated heterocycles. The standard InChI is InChI=1S/C20H22N4O6S2/c1-20(18(25)21-19(26)22-20)14-5-4-6-15(13-14)23-31(27,28)16-7-9-17(10-8-16)32(29,30)24-11-2-3-12-24/h4-10,13,23H,2-3,11-12H2,1H3,(H2,21,22,25,26). The Hall–Kier alpha value is -2.96. The van der Waals surface area contributed by atoms with Crippen LogP contribution >= 0.6 is 0 Å². The minimum absolute atomic E-state index is 0.0382. The third-order valence-electron chi connectivity index (χ3n) is 5.57. The van der Waals surface area contributed by atoms with E-state index in [1.807, 2.05) is 0 Å². The van der Waals surface area contributed by atoms with Gasteiger partial charge in [0.05, 0.1) is 9.79 Å². The maximum absolute atomic E-state index is 12.8. The highest BCUT2D eigenvalue weighted by atomic mass is 32.2. The summed E-state index contributed by atoms with van der Waals surface area (Å²) in [4.78, 5) is 23.6. The minimum Gasteiger partial charge on any atom is -0.320 e. The van der Waals surface area contributed by atoms with Gasteiger partial charge in [0, 0.05) is 18.8 Å². The van der Waals surface area contributed by atoms with Gasteiger partial charge < -0.3 is 5.32 Å². The number of hydrogen-bond acceptors (Lipinski definition) is 6. The number of sulfonamides is 2. The predicted octanol–water partition coefficient (Wildman–Crippen LogP) is 1.33. The number of rotatable bonds is 6. The summed E-state index contributed by atoms with van der Waals surface area (Å²) >= 11 is 0. The van der Waals surface area contributed by atoms with Crippen molar-refractivity contribution in [2.24, 2.45) is 0 Å². The average Bonchev–Trinajstić information content (AvgIpc) is 3.37. The van der Waals surface area contributed by atoms with Gasteiger partial charge in [0.2, 0.25) is 10.0 Å². The largest absolute Gasteiger partial charge is 0.322 e. The lowest BCUT2D eigenvalue weighted by Gasteiger charge is -2.22. The zero-order valence-electron chi connectivity index (χ0n) is 17.2. The van der Waals surface area contributed by atoms with E-state index in [2.05, 4.69) is 15.4 Å². The molecule has 3 N–H and O–H groups in total. The number of anilines is 1. The van der Waals surface area contributed by atoms with Crippen molar-refractivity contribution in [1.29, 1.82) is 0 Å². The van der Waals surface area contributed by atoms with Gasteiger partial charge in [0.1, 0.15) is 5.54 Å². The zero-order chi connectivity index (χ0) is 23.1. The summed E-state index contributed by atoms with van der Waals surface area (Å²) < 4.78 is 54.7. The molecule has 0 spiro atoms. The average molecular weight is 479 g/mol. The summed E-state index contributed by atoms with van der Waals surface area (Å²) in [6.07, 6.45) is 1.61. The number of amides is 3. The molecule has 4 rings (SSSR count). The minimum atomic E-state index is -4.03. The Labute approximate surface area is 186 Å². The van der Waals surface area contributed by atoms with Crippen LogP contribution in [0.25, 0.3) is 0 Å².